The highest BCUT2D eigenvalue weighted by atomic mass is 16.3. The van der Waals surface area contributed by atoms with Crippen LogP contribution in [0.25, 0.3) is 0 Å². The number of hydrogen-bond donors (Lipinski definition) is 3. The minimum atomic E-state index is -0.640. The topological polar surface area (TPSA) is 61.4 Å². The fourth-order valence-corrected chi connectivity index (χ4v) is 3.88. The van der Waals surface area contributed by atoms with E-state index >= 15 is 0 Å². The minimum Gasteiger partial charge on any atom is -0.388 e. The number of hydrogen-bond acceptors (Lipinski definition) is 3. The van der Waals surface area contributed by atoms with Crippen LogP contribution in [0.1, 0.15) is 51.4 Å². The maximum absolute atomic E-state index is 12.2. The van der Waals surface area contributed by atoms with Crippen molar-refractivity contribution < 1.29 is 9.90 Å². The van der Waals surface area contributed by atoms with Gasteiger partial charge in [-0.2, -0.15) is 0 Å². The van der Waals surface area contributed by atoms with Crippen LogP contribution in [0.2, 0.25) is 0 Å². The molecule has 0 radical (unpaired) electrons. The Labute approximate surface area is 109 Å². The molecule has 4 nitrogen and oxygen atoms in total. The van der Waals surface area contributed by atoms with Gasteiger partial charge in [-0.05, 0) is 32.1 Å². The third-order valence-electron chi connectivity index (χ3n) is 5.01. The van der Waals surface area contributed by atoms with Gasteiger partial charge < -0.3 is 15.7 Å². The Balaban J connectivity index is 1.49. The number of amides is 1. The summed E-state index contributed by atoms with van der Waals surface area (Å²) in [7, 11) is 0. The van der Waals surface area contributed by atoms with Crippen molar-refractivity contribution >= 4 is 5.91 Å². The lowest BCUT2D eigenvalue weighted by molar-refractivity contribution is -0.127. The Bertz CT molecular complexity index is 326. The molecule has 2 bridgehead atoms. The first kappa shape index (κ1) is 12.4. The van der Waals surface area contributed by atoms with Crippen molar-refractivity contribution in [3.8, 4) is 0 Å². The number of aliphatic hydroxyl groups is 1. The second-order valence-corrected chi connectivity index (χ2v) is 6.39. The van der Waals surface area contributed by atoms with E-state index in [2.05, 4.69) is 10.6 Å². The van der Waals surface area contributed by atoms with Crippen molar-refractivity contribution in [2.24, 2.45) is 5.92 Å². The van der Waals surface area contributed by atoms with Gasteiger partial charge in [-0.15, -0.1) is 0 Å². The highest BCUT2D eigenvalue weighted by Crippen LogP contribution is 2.33. The van der Waals surface area contributed by atoms with Gasteiger partial charge >= 0.3 is 0 Å². The Morgan fingerprint density at radius 3 is 2.67 bits per heavy atom. The van der Waals surface area contributed by atoms with E-state index in [1.165, 1.54) is 12.8 Å². The van der Waals surface area contributed by atoms with Crippen molar-refractivity contribution in [1.82, 2.24) is 10.6 Å². The van der Waals surface area contributed by atoms with Gasteiger partial charge in [0.1, 0.15) is 0 Å². The zero-order valence-corrected chi connectivity index (χ0v) is 11.0. The quantitative estimate of drug-likeness (QED) is 0.700. The van der Waals surface area contributed by atoms with Crippen LogP contribution in [0.3, 0.4) is 0 Å². The Hall–Kier alpha value is -0.610. The zero-order valence-electron chi connectivity index (χ0n) is 11.0. The highest BCUT2D eigenvalue weighted by Gasteiger charge is 2.43. The molecule has 1 saturated carbocycles. The fraction of sp³-hybridized carbons (Fsp3) is 0.929. The third kappa shape index (κ3) is 2.41. The SMILES string of the molecule is O=C(NCC1(O)CCCCC1)C1CC2CCC1N2. The van der Waals surface area contributed by atoms with Gasteiger partial charge in [-0.3, -0.25) is 4.79 Å². The van der Waals surface area contributed by atoms with Gasteiger partial charge in [-0.25, -0.2) is 0 Å². The molecule has 0 spiro atoms. The van der Waals surface area contributed by atoms with E-state index in [4.69, 9.17) is 0 Å². The Kier molecular flexibility index (Phi) is 3.32. The van der Waals surface area contributed by atoms with Crippen LogP contribution in [0.5, 0.6) is 0 Å². The van der Waals surface area contributed by atoms with Gasteiger partial charge in [0.05, 0.1) is 11.5 Å². The molecule has 3 fully saturated rings. The van der Waals surface area contributed by atoms with Gasteiger partial charge in [0, 0.05) is 18.6 Å². The smallest absolute Gasteiger partial charge is 0.224 e. The van der Waals surface area contributed by atoms with E-state index in [9.17, 15) is 9.90 Å². The molecule has 3 rings (SSSR count). The van der Waals surface area contributed by atoms with Crippen LogP contribution in [0, 0.1) is 5.92 Å². The van der Waals surface area contributed by atoms with Gasteiger partial charge in [0.25, 0.3) is 0 Å². The summed E-state index contributed by atoms with van der Waals surface area (Å²) in [4.78, 5) is 12.2. The molecule has 102 valence electrons. The Morgan fingerprint density at radius 1 is 1.28 bits per heavy atom. The van der Waals surface area contributed by atoms with Crippen LogP contribution < -0.4 is 10.6 Å². The molecule has 0 aromatic carbocycles. The van der Waals surface area contributed by atoms with Gasteiger partial charge in [-0.1, -0.05) is 19.3 Å². The van der Waals surface area contributed by atoms with Crippen LogP contribution in [-0.4, -0.2) is 35.2 Å². The minimum absolute atomic E-state index is 0.135. The number of nitrogens with one attached hydrogen (secondary N) is 2. The van der Waals surface area contributed by atoms with Gasteiger partial charge in [0.2, 0.25) is 5.91 Å². The Morgan fingerprint density at radius 2 is 2.06 bits per heavy atom. The number of carbonyl (C=O) groups is 1. The average Bonchev–Trinajstić information content (AvgIpc) is 2.99. The molecule has 2 saturated heterocycles. The summed E-state index contributed by atoms with van der Waals surface area (Å²) in [5.74, 6) is 0.282. The van der Waals surface area contributed by atoms with E-state index in [0.29, 0.717) is 18.6 Å². The number of fused-ring (bicyclic) bond motifs is 2. The molecule has 4 heteroatoms. The second kappa shape index (κ2) is 4.82. The van der Waals surface area contributed by atoms with Crippen LogP contribution in [0.15, 0.2) is 0 Å². The van der Waals surface area contributed by atoms with Crippen molar-refractivity contribution in [3.05, 3.63) is 0 Å². The molecular weight excluding hydrogens is 228 g/mol. The molecule has 3 atom stereocenters. The van der Waals surface area contributed by atoms with Crippen molar-refractivity contribution in [2.45, 2.75) is 69.1 Å². The lowest BCUT2D eigenvalue weighted by atomic mass is 9.84. The summed E-state index contributed by atoms with van der Waals surface area (Å²) in [6.45, 7) is 0.444. The second-order valence-electron chi connectivity index (χ2n) is 6.39. The van der Waals surface area contributed by atoms with E-state index in [1.807, 2.05) is 0 Å². The van der Waals surface area contributed by atoms with Crippen molar-refractivity contribution in [2.75, 3.05) is 6.54 Å². The van der Waals surface area contributed by atoms with Crippen LogP contribution >= 0.6 is 0 Å². The molecule has 3 unspecified atom stereocenters. The predicted octanol–water partition coefficient (Wildman–Crippen LogP) is 0.938. The normalized spacial score (nSPS) is 37.7. The standard InChI is InChI=1S/C14H24N2O2/c17-13(11-8-10-4-5-12(11)16-10)15-9-14(18)6-2-1-3-7-14/h10-12,16,18H,1-9H2,(H,15,17). The number of rotatable bonds is 3. The molecule has 1 aliphatic carbocycles. The summed E-state index contributed by atoms with van der Waals surface area (Å²) >= 11 is 0. The summed E-state index contributed by atoms with van der Waals surface area (Å²) < 4.78 is 0. The highest BCUT2D eigenvalue weighted by molar-refractivity contribution is 5.80. The molecule has 0 aromatic heterocycles. The largest absolute Gasteiger partial charge is 0.388 e. The maximum atomic E-state index is 12.2. The summed E-state index contributed by atoms with van der Waals surface area (Å²) in [6, 6.07) is 0.944. The number of carbonyl (C=O) groups excluding carboxylic acids is 1. The maximum Gasteiger partial charge on any atom is 0.224 e. The van der Waals surface area contributed by atoms with Crippen LogP contribution in [0.4, 0.5) is 0 Å². The molecule has 18 heavy (non-hydrogen) atoms. The van der Waals surface area contributed by atoms with Crippen molar-refractivity contribution in [3.63, 3.8) is 0 Å². The summed E-state index contributed by atoms with van der Waals surface area (Å²) in [5, 5.41) is 16.8. The average molecular weight is 252 g/mol. The molecule has 2 heterocycles. The molecule has 2 aliphatic heterocycles. The predicted molar refractivity (Wildman–Crippen MR) is 69.1 cm³/mol. The zero-order chi connectivity index (χ0) is 12.6. The van der Waals surface area contributed by atoms with Crippen LogP contribution in [-0.2, 0) is 4.79 Å². The fourth-order valence-electron chi connectivity index (χ4n) is 3.88. The molecule has 0 aromatic rings. The van der Waals surface area contributed by atoms with Gasteiger partial charge in [0.15, 0.2) is 0 Å². The van der Waals surface area contributed by atoms with E-state index in [0.717, 1.165) is 38.5 Å². The monoisotopic (exact) mass is 252 g/mol. The first-order chi connectivity index (χ1) is 8.66. The molecular formula is C14H24N2O2. The molecule has 1 amide bonds. The lowest BCUT2D eigenvalue weighted by Gasteiger charge is -2.32. The first-order valence-corrected chi connectivity index (χ1v) is 7.42. The molecule has 3 N–H and O–H groups in total. The third-order valence-corrected chi connectivity index (χ3v) is 5.01. The van der Waals surface area contributed by atoms with E-state index in [-0.39, 0.29) is 11.8 Å². The van der Waals surface area contributed by atoms with Crippen molar-refractivity contribution in [1.29, 1.82) is 0 Å². The molecule has 3 aliphatic rings. The van der Waals surface area contributed by atoms with E-state index in [1.54, 1.807) is 0 Å². The first-order valence-electron chi connectivity index (χ1n) is 7.42. The lowest BCUT2D eigenvalue weighted by Crippen LogP contribution is -2.47. The summed E-state index contributed by atoms with van der Waals surface area (Å²) in [6.07, 6.45) is 8.39. The summed E-state index contributed by atoms with van der Waals surface area (Å²) in [5.41, 5.74) is -0.640. The van der Waals surface area contributed by atoms with E-state index < -0.39 is 5.60 Å².